The van der Waals surface area contributed by atoms with Crippen LogP contribution < -0.4 is 10.1 Å². The summed E-state index contributed by atoms with van der Waals surface area (Å²) in [6.45, 7) is 0.727. The maximum Gasteiger partial charge on any atom is 0.262 e. The first-order chi connectivity index (χ1) is 11.8. The Labute approximate surface area is 140 Å². The molecule has 24 heavy (non-hydrogen) atoms. The molecule has 1 N–H and O–H groups in total. The molecule has 1 heterocycles. The highest BCUT2D eigenvalue weighted by Gasteiger charge is 2.13. The molecule has 1 amide bonds. The van der Waals surface area contributed by atoms with Crippen LogP contribution in [0.1, 0.15) is 11.1 Å². The van der Waals surface area contributed by atoms with Gasteiger partial charge in [0, 0.05) is 12.1 Å². The summed E-state index contributed by atoms with van der Waals surface area (Å²) >= 11 is 0. The minimum absolute atomic E-state index is 0.0696. The molecule has 0 aliphatic carbocycles. The van der Waals surface area contributed by atoms with Crippen molar-refractivity contribution in [1.82, 2.24) is 5.32 Å². The molecule has 0 saturated heterocycles. The Morgan fingerprint density at radius 3 is 2.71 bits per heavy atom. The monoisotopic (exact) mass is 316 g/mol. The molecule has 3 rings (SSSR count). The summed E-state index contributed by atoms with van der Waals surface area (Å²) in [7, 11) is 0. The summed E-state index contributed by atoms with van der Waals surface area (Å²) in [5.74, 6) is 0.419. The van der Waals surface area contributed by atoms with E-state index in [4.69, 9.17) is 4.74 Å². The third kappa shape index (κ3) is 3.71. The standard InChI is InChI=1S/C20H16N2O2/c21-12-18(20(23)22-13-15-6-2-1-3-7-15)11-16-10-17-8-4-5-9-19(17)24-14-16/h1-11H,13-14H2,(H,22,23). The molecular weight excluding hydrogens is 300 g/mol. The van der Waals surface area contributed by atoms with Crippen molar-refractivity contribution in [2.24, 2.45) is 0 Å². The van der Waals surface area contributed by atoms with E-state index in [9.17, 15) is 10.1 Å². The number of fused-ring (bicyclic) bond motifs is 1. The number of hydrogen-bond acceptors (Lipinski definition) is 3. The van der Waals surface area contributed by atoms with Gasteiger partial charge in [-0.2, -0.15) is 5.26 Å². The second kappa shape index (κ2) is 7.30. The third-order valence-corrected chi connectivity index (χ3v) is 3.64. The van der Waals surface area contributed by atoms with Crippen LogP contribution in [0.5, 0.6) is 5.75 Å². The molecule has 0 aromatic heterocycles. The second-order valence-electron chi connectivity index (χ2n) is 5.38. The van der Waals surface area contributed by atoms with Crippen LogP contribution in [0.2, 0.25) is 0 Å². The molecule has 0 bridgehead atoms. The van der Waals surface area contributed by atoms with Crippen LogP contribution in [0, 0.1) is 11.3 Å². The molecule has 4 nitrogen and oxygen atoms in total. The predicted octanol–water partition coefficient (Wildman–Crippen LogP) is 3.23. The molecule has 1 aliphatic rings. The van der Waals surface area contributed by atoms with Crippen LogP contribution in [0.3, 0.4) is 0 Å². The Hall–Kier alpha value is -3.32. The molecule has 118 valence electrons. The van der Waals surface area contributed by atoms with E-state index in [-0.39, 0.29) is 11.5 Å². The first-order valence-corrected chi connectivity index (χ1v) is 7.62. The van der Waals surface area contributed by atoms with Gasteiger partial charge >= 0.3 is 0 Å². The molecule has 2 aromatic carbocycles. The van der Waals surface area contributed by atoms with Crippen molar-refractivity contribution >= 4 is 12.0 Å². The van der Waals surface area contributed by atoms with Crippen LogP contribution in [0.15, 0.2) is 71.8 Å². The highest BCUT2D eigenvalue weighted by Crippen LogP contribution is 2.26. The van der Waals surface area contributed by atoms with E-state index in [0.717, 1.165) is 22.4 Å². The fraction of sp³-hybridized carbons (Fsp3) is 0.100. The van der Waals surface area contributed by atoms with Gasteiger partial charge in [0.25, 0.3) is 5.91 Å². The normalized spacial score (nSPS) is 13.1. The minimum atomic E-state index is -0.388. The Bertz CT molecular complexity index is 845. The maximum absolute atomic E-state index is 12.2. The Kier molecular flexibility index (Phi) is 4.73. The number of hydrogen-bond donors (Lipinski definition) is 1. The number of carbonyl (C=O) groups excluding carboxylic acids is 1. The van der Waals surface area contributed by atoms with Gasteiger partial charge in [-0.15, -0.1) is 0 Å². The number of nitrogens with zero attached hydrogens (tertiary/aromatic N) is 1. The summed E-state index contributed by atoms with van der Waals surface area (Å²) in [4.78, 5) is 12.2. The fourth-order valence-electron chi connectivity index (χ4n) is 2.42. The molecule has 1 aliphatic heterocycles. The summed E-state index contributed by atoms with van der Waals surface area (Å²) < 4.78 is 5.64. The lowest BCUT2D eigenvalue weighted by Crippen LogP contribution is -2.24. The molecule has 0 spiro atoms. The number of benzene rings is 2. The Morgan fingerprint density at radius 2 is 1.92 bits per heavy atom. The van der Waals surface area contributed by atoms with Crippen LogP contribution >= 0.6 is 0 Å². The van der Waals surface area contributed by atoms with E-state index in [1.54, 1.807) is 6.08 Å². The summed E-state index contributed by atoms with van der Waals surface area (Å²) in [6.07, 6.45) is 3.51. The number of para-hydroxylation sites is 1. The minimum Gasteiger partial charge on any atom is -0.488 e. The number of amides is 1. The molecule has 0 atom stereocenters. The molecule has 0 saturated carbocycles. The SMILES string of the molecule is N#CC(=CC1=Cc2ccccc2OC1)C(=O)NCc1ccccc1. The maximum atomic E-state index is 12.2. The average molecular weight is 316 g/mol. The smallest absolute Gasteiger partial charge is 0.262 e. The van der Waals surface area contributed by atoms with Gasteiger partial charge in [0.05, 0.1) is 0 Å². The van der Waals surface area contributed by atoms with E-state index >= 15 is 0 Å². The zero-order valence-corrected chi connectivity index (χ0v) is 13.0. The van der Waals surface area contributed by atoms with Gasteiger partial charge in [0.1, 0.15) is 24.0 Å². The zero-order chi connectivity index (χ0) is 16.8. The number of carbonyl (C=O) groups is 1. The number of nitrogens with one attached hydrogen (secondary N) is 1. The van der Waals surface area contributed by atoms with Crippen LogP contribution in [-0.2, 0) is 11.3 Å². The van der Waals surface area contributed by atoms with Gasteiger partial charge in [-0.05, 0) is 29.4 Å². The second-order valence-corrected chi connectivity index (χ2v) is 5.38. The molecule has 2 aromatic rings. The van der Waals surface area contributed by atoms with E-state index in [1.165, 1.54) is 0 Å². The summed E-state index contributed by atoms with van der Waals surface area (Å²) in [5, 5.41) is 12.0. The largest absolute Gasteiger partial charge is 0.488 e. The quantitative estimate of drug-likeness (QED) is 0.696. The lowest BCUT2D eigenvalue weighted by molar-refractivity contribution is -0.117. The number of ether oxygens (including phenoxy) is 1. The van der Waals surface area contributed by atoms with Gasteiger partial charge in [0.2, 0.25) is 0 Å². The van der Waals surface area contributed by atoms with Gasteiger partial charge in [-0.3, -0.25) is 4.79 Å². The van der Waals surface area contributed by atoms with Crippen molar-refractivity contribution < 1.29 is 9.53 Å². The van der Waals surface area contributed by atoms with Gasteiger partial charge < -0.3 is 10.1 Å². The van der Waals surface area contributed by atoms with Crippen molar-refractivity contribution in [3.05, 3.63) is 82.9 Å². The van der Waals surface area contributed by atoms with Gasteiger partial charge in [-0.1, -0.05) is 48.5 Å². The molecule has 4 heteroatoms. The van der Waals surface area contributed by atoms with Crippen molar-refractivity contribution in [1.29, 1.82) is 5.26 Å². The van der Waals surface area contributed by atoms with Crippen molar-refractivity contribution in [2.45, 2.75) is 6.54 Å². The van der Waals surface area contributed by atoms with Gasteiger partial charge in [-0.25, -0.2) is 0 Å². The van der Waals surface area contributed by atoms with Crippen LogP contribution in [0.25, 0.3) is 6.08 Å². The molecular formula is C20H16N2O2. The van der Waals surface area contributed by atoms with Crippen molar-refractivity contribution in [3.8, 4) is 11.8 Å². The topological polar surface area (TPSA) is 62.1 Å². The van der Waals surface area contributed by atoms with E-state index in [0.29, 0.717) is 13.2 Å². The first-order valence-electron chi connectivity index (χ1n) is 7.62. The number of rotatable bonds is 4. The van der Waals surface area contributed by atoms with Gasteiger partial charge in [0.15, 0.2) is 0 Å². The Morgan fingerprint density at radius 1 is 1.17 bits per heavy atom. The van der Waals surface area contributed by atoms with Crippen molar-refractivity contribution in [2.75, 3.05) is 6.61 Å². The Balaban J connectivity index is 1.72. The number of nitriles is 1. The predicted molar refractivity (Wildman–Crippen MR) is 91.9 cm³/mol. The average Bonchev–Trinajstić information content (AvgIpc) is 2.65. The summed E-state index contributed by atoms with van der Waals surface area (Å²) in [5.41, 5.74) is 2.79. The van der Waals surface area contributed by atoms with Crippen LogP contribution in [-0.4, -0.2) is 12.5 Å². The highest BCUT2D eigenvalue weighted by molar-refractivity contribution is 5.98. The molecule has 0 radical (unpaired) electrons. The third-order valence-electron chi connectivity index (χ3n) is 3.64. The lowest BCUT2D eigenvalue weighted by atomic mass is 10.1. The first kappa shape index (κ1) is 15.6. The molecule has 0 unspecified atom stereocenters. The van der Waals surface area contributed by atoms with E-state index < -0.39 is 0 Å². The lowest BCUT2D eigenvalue weighted by Gasteiger charge is -2.16. The van der Waals surface area contributed by atoms with Crippen molar-refractivity contribution in [3.63, 3.8) is 0 Å². The van der Waals surface area contributed by atoms with Crippen LogP contribution in [0.4, 0.5) is 0 Å². The molecule has 0 fully saturated rings. The summed E-state index contributed by atoms with van der Waals surface area (Å²) in [6, 6.07) is 19.2. The fourth-order valence-corrected chi connectivity index (χ4v) is 2.42. The zero-order valence-electron chi connectivity index (χ0n) is 13.0. The van der Waals surface area contributed by atoms with E-state index in [2.05, 4.69) is 5.32 Å². The highest BCUT2D eigenvalue weighted by atomic mass is 16.5. The van der Waals surface area contributed by atoms with E-state index in [1.807, 2.05) is 66.7 Å².